The Balaban J connectivity index is 1.73. The van der Waals surface area contributed by atoms with Gasteiger partial charge < -0.3 is 14.8 Å². The summed E-state index contributed by atoms with van der Waals surface area (Å²) in [5, 5.41) is 7.22. The SMILES string of the molecule is CCN(CC)CCNC(=O)c1ccc2c(c1)n(Cc1cccc(F)c1)c(=O)c1ccnn12. The van der Waals surface area contributed by atoms with E-state index in [0.717, 1.165) is 19.6 Å². The van der Waals surface area contributed by atoms with E-state index in [1.165, 1.54) is 12.1 Å². The summed E-state index contributed by atoms with van der Waals surface area (Å²) < 4.78 is 16.9. The Bertz CT molecular complexity index is 1320. The van der Waals surface area contributed by atoms with Gasteiger partial charge in [-0.1, -0.05) is 26.0 Å². The van der Waals surface area contributed by atoms with Crippen molar-refractivity contribution in [1.29, 1.82) is 0 Å². The first-order valence-corrected chi connectivity index (χ1v) is 10.8. The summed E-state index contributed by atoms with van der Waals surface area (Å²) in [5.74, 6) is -0.567. The largest absolute Gasteiger partial charge is 0.351 e. The van der Waals surface area contributed by atoms with Crippen molar-refractivity contribution in [3.05, 3.63) is 82.0 Å². The third-order valence-corrected chi connectivity index (χ3v) is 5.70. The molecule has 7 nitrogen and oxygen atoms in total. The number of likely N-dealkylation sites (N-methyl/N-ethyl adjacent to an activating group) is 1. The predicted molar refractivity (Wildman–Crippen MR) is 123 cm³/mol. The Kier molecular flexibility index (Phi) is 6.32. The zero-order chi connectivity index (χ0) is 22.7. The van der Waals surface area contributed by atoms with Crippen LogP contribution in [0.4, 0.5) is 4.39 Å². The Morgan fingerprint density at radius 1 is 1.06 bits per heavy atom. The van der Waals surface area contributed by atoms with Gasteiger partial charge in [-0.3, -0.25) is 9.59 Å². The van der Waals surface area contributed by atoms with Gasteiger partial charge >= 0.3 is 0 Å². The second kappa shape index (κ2) is 9.32. The molecule has 4 rings (SSSR count). The predicted octanol–water partition coefficient (Wildman–Crippen LogP) is 2.91. The van der Waals surface area contributed by atoms with E-state index in [2.05, 4.69) is 29.2 Å². The van der Waals surface area contributed by atoms with Crippen LogP contribution in [0.5, 0.6) is 0 Å². The number of aromatic nitrogens is 3. The minimum Gasteiger partial charge on any atom is -0.351 e. The van der Waals surface area contributed by atoms with Crippen molar-refractivity contribution in [2.75, 3.05) is 26.2 Å². The first-order valence-electron chi connectivity index (χ1n) is 10.8. The molecular weight excluding hydrogens is 409 g/mol. The van der Waals surface area contributed by atoms with E-state index in [1.54, 1.807) is 51.7 Å². The summed E-state index contributed by atoms with van der Waals surface area (Å²) in [6.45, 7) is 7.51. The standard InChI is InChI=1S/C24H26FN5O2/c1-3-28(4-2)13-12-26-23(31)18-8-9-20-22(15-18)29(16-17-6-5-7-19(25)14-17)24(32)21-10-11-27-30(20)21/h5-11,14-15H,3-4,12-13,16H2,1-2H3,(H,26,31). The molecule has 0 aliphatic carbocycles. The lowest BCUT2D eigenvalue weighted by atomic mass is 10.1. The zero-order valence-corrected chi connectivity index (χ0v) is 18.2. The number of benzene rings is 2. The molecule has 1 N–H and O–H groups in total. The fourth-order valence-electron chi connectivity index (χ4n) is 3.91. The van der Waals surface area contributed by atoms with Crippen LogP contribution in [0.15, 0.2) is 59.5 Å². The number of amides is 1. The summed E-state index contributed by atoms with van der Waals surface area (Å²) in [6, 6.07) is 13.0. The number of carbonyl (C=O) groups excluding carboxylic acids is 1. The molecule has 0 saturated heterocycles. The lowest BCUT2D eigenvalue weighted by Gasteiger charge is -2.18. The van der Waals surface area contributed by atoms with Crippen LogP contribution in [0.3, 0.4) is 0 Å². The molecule has 0 atom stereocenters. The fourth-order valence-corrected chi connectivity index (χ4v) is 3.91. The second-order valence-electron chi connectivity index (χ2n) is 7.64. The maximum Gasteiger partial charge on any atom is 0.277 e. The van der Waals surface area contributed by atoms with Crippen LogP contribution in [0.2, 0.25) is 0 Å². The van der Waals surface area contributed by atoms with Crippen molar-refractivity contribution in [3.8, 4) is 0 Å². The number of hydrogen-bond acceptors (Lipinski definition) is 4. The minimum absolute atomic E-state index is 0.182. The van der Waals surface area contributed by atoms with E-state index >= 15 is 0 Å². The molecule has 1 amide bonds. The molecule has 2 aromatic carbocycles. The van der Waals surface area contributed by atoms with Gasteiger partial charge in [0.1, 0.15) is 11.3 Å². The third-order valence-electron chi connectivity index (χ3n) is 5.70. The molecule has 2 aromatic heterocycles. The molecule has 0 saturated carbocycles. The number of rotatable bonds is 8. The molecular formula is C24H26FN5O2. The molecule has 0 spiro atoms. The molecule has 0 aliphatic rings. The zero-order valence-electron chi connectivity index (χ0n) is 18.2. The minimum atomic E-state index is -0.362. The van der Waals surface area contributed by atoms with Crippen molar-refractivity contribution in [2.45, 2.75) is 20.4 Å². The molecule has 0 fully saturated rings. The van der Waals surface area contributed by atoms with Gasteiger partial charge in [-0.25, -0.2) is 8.91 Å². The van der Waals surface area contributed by atoms with Crippen molar-refractivity contribution < 1.29 is 9.18 Å². The maximum atomic E-state index is 13.7. The molecule has 4 aromatic rings. The Morgan fingerprint density at radius 2 is 1.88 bits per heavy atom. The lowest BCUT2D eigenvalue weighted by molar-refractivity contribution is 0.0949. The van der Waals surface area contributed by atoms with Gasteiger partial charge in [-0.05, 0) is 55.1 Å². The van der Waals surface area contributed by atoms with Crippen LogP contribution in [-0.4, -0.2) is 51.2 Å². The van der Waals surface area contributed by atoms with Crippen LogP contribution in [0.1, 0.15) is 29.8 Å². The van der Waals surface area contributed by atoms with Crippen molar-refractivity contribution in [2.24, 2.45) is 0 Å². The lowest BCUT2D eigenvalue weighted by Crippen LogP contribution is -2.34. The van der Waals surface area contributed by atoms with Crippen LogP contribution in [0, 0.1) is 5.82 Å². The fraction of sp³-hybridized carbons (Fsp3) is 0.292. The third kappa shape index (κ3) is 4.27. The number of nitrogens with zero attached hydrogens (tertiary/aromatic N) is 4. The number of carbonyl (C=O) groups is 1. The van der Waals surface area contributed by atoms with E-state index in [1.807, 2.05) is 0 Å². The molecule has 2 heterocycles. The molecule has 0 radical (unpaired) electrons. The average molecular weight is 436 g/mol. The van der Waals surface area contributed by atoms with E-state index in [4.69, 9.17) is 0 Å². The summed E-state index contributed by atoms with van der Waals surface area (Å²) in [4.78, 5) is 28.2. The van der Waals surface area contributed by atoms with Gasteiger partial charge in [0.2, 0.25) is 0 Å². The number of halogens is 1. The summed E-state index contributed by atoms with van der Waals surface area (Å²) in [7, 11) is 0. The van der Waals surface area contributed by atoms with Crippen LogP contribution in [-0.2, 0) is 6.54 Å². The molecule has 0 aliphatic heterocycles. The topological polar surface area (TPSA) is 71.6 Å². The first-order chi connectivity index (χ1) is 15.5. The number of hydrogen-bond donors (Lipinski definition) is 1. The Morgan fingerprint density at radius 3 is 2.62 bits per heavy atom. The van der Waals surface area contributed by atoms with Gasteiger partial charge in [-0.15, -0.1) is 0 Å². The van der Waals surface area contributed by atoms with Crippen molar-refractivity contribution >= 4 is 22.5 Å². The van der Waals surface area contributed by atoms with Crippen LogP contribution >= 0.6 is 0 Å². The maximum absolute atomic E-state index is 13.7. The van der Waals surface area contributed by atoms with Crippen molar-refractivity contribution in [3.63, 3.8) is 0 Å². The molecule has 0 unspecified atom stereocenters. The highest BCUT2D eigenvalue weighted by atomic mass is 19.1. The molecule has 166 valence electrons. The number of fused-ring (bicyclic) bond motifs is 3. The van der Waals surface area contributed by atoms with E-state index in [0.29, 0.717) is 34.2 Å². The Hall–Kier alpha value is -3.52. The van der Waals surface area contributed by atoms with Crippen LogP contribution in [0.25, 0.3) is 16.6 Å². The quantitative estimate of drug-likeness (QED) is 0.462. The van der Waals surface area contributed by atoms with Gasteiger partial charge in [0.15, 0.2) is 0 Å². The Labute approximate surface area is 185 Å². The van der Waals surface area contributed by atoms with E-state index in [9.17, 15) is 14.0 Å². The normalized spacial score (nSPS) is 11.5. The van der Waals surface area contributed by atoms with E-state index in [-0.39, 0.29) is 23.8 Å². The smallest absolute Gasteiger partial charge is 0.277 e. The summed E-state index contributed by atoms with van der Waals surface area (Å²) >= 11 is 0. The highest BCUT2D eigenvalue weighted by Crippen LogP contribution is 2.18. The highest BCUT2D eigenvalue weighted by molar-refractivity contribution is 5.97. The molecule has 0 bridgehead atoms. The summed E-state index contributed by atoms with van der Waals surface area (Å²) in [5.41, 5.74) is 2.54. The van der Waals surface area contributed by atoms with Gasteiger partial charge in [0.05, 0.1) is 23.8 Å². The monoisotopic (exact) mass is 435 g/mol. The van der Waals surface area contributed by atoms with E-state index < -0.39 is 0 Å². The van der Waals surface area contributed by atoms with Crippen LogP contribution < -0.4 is 10.9 Å². The highest BCUT2D eigenvalue weighted by Gasteiger charge is 2.15. The molecule has 32 heavy (non-hydrogen) atoms. The average Bonchev–Trinajstić information content (AvgIpc) is 3.29. The second-order valence-corrected chi connectivity index (χ2v) is 7.64. The first kappa shape index (κ1) is 21.7. The summed E-state index contributed by atoms with van der Waals surface area (Å²) in [6.07, 6.45) is 1.57. The number of nitrogens with one attached hydrogen (secondary N) is 1. The van der Waals surface area contributed by atoms with Gasteiger partial charge in [-0.2, -0.15) is 5.10 Å². The van der Waals surface area contributed by atoms with Gasteiger partial charge in [0.25, 0.3) is 11.5 Å². The van der Waals surface area contributed by atoms with Gasteiger partial charge in [0, 0.05) is 18.7 Å². The molecule has 8 heteroatoms. The van der Waals surface area contributed by atoms with Crippen molar-refractivity contribution in [1.82, 2.24) is 24.4 Å².